The van der Waals surface area contributed by atoms with Crippen LogP contribution in [0.3, 0.4) is 0 Å². The standard InChI is InChI=1S/C17H23N3/c1-11-6-7-12(2)15(9-11)16-13(3)19-20-17(16)14-5-4-8-18-10-14/h6-7,9,14,18H,4-5,8,10H2,1-3H3,(H,19,20). The highest BCUT2D eigenvalue weighted by Crippen LogP contribution is 2.35. The van der Waals surface area contributed by atoms with Crippen molar-refractivity contribution in [2.75, 3.05) is 13.1 Å². The van der Waals surface area contributed by atoms with Gasteiger partial charge in [-0.2, -0.15) is 5.10 Å². The number of benzene rings is 1. The summed E-state index contributed by atoms with van der Waals surface area (Å²) >= 11 is 0. The maximum Gasteiger partial charge on any atom is 0.0746 e. The first-order valence-corrected chi connectivity index (χ1v) is 7.50. The molecule has 2 N–H and O–H groups in total. The van der Waals surface area contributed by atoms with Crippen LogP contribution in [-0.4, -0.2) is 23.3 Å². The Bertz CT molecular complexity index is 607. The molecule has 20 heavy (non-hydrogen) atoms. The van der Waals surface area contributed by atoms with E-state index >= 15 is 0 Å². The van der Waals surface area contributed by atoms with Crippen LogP contribution in [0.15, 0.2) is 18.2 Å². The predicted octanol–water partition coefficient (Wildman–Crippen LogP) is 3.47. The van der Waals surface area contributed by atoms with E-state index in [0.29, 0.717) is 5.92 Å². The molecule has 1 atom stereocenters. The van der Waals surface area contributed by atoms with E-state index in [1.807, 2.05) is 0 Å². The fourth-order valence-electron chi connectivity index (χ4n) is 3.17. The van der Waals surface area contributed by atoms with Crippen molar-refractivity contribution in [3.63, 3.8) is 0 Å². The molecule has 0 saturated carbocycles. The molecule has 1 saturated heterocycles. The van der Waals surface area contributed by atoms with Crippen molar-refractivity contribution in [1.82, 2.24) is 15.5 Å². The minimum atomic E-state index is 0.531. The lowest BCUT2D eigenvalue weighted by Crippen LogP contribution is -2.28. The molecule has 3 heteroatoms. The first-order chi connectivity index (χ1) is 9.66. The monoisotopic (exact) mass is 269 g/mol. The summed E-state index contributed by atoms with van der Waals surface area (Å²) in [5, 5.41) is 11.3. The van der Waals surface area contributed by atoms with Gasteiger partial charge in [0, 0.05) is 23.7 Å². The van der Waals surface area contributed by atoms with Gasteiger partial charge in [-0.3, -0.25) is 5.10 Å². The number of nitrogens with one attached hydrogen (secondary N) is 2. The summed E-state index contributed by atoms with van der Waals surface area (Å²) in [5.74, 6) is 0.531. The lowest BCUT2D eigenvalue weighted by atomic mass is 9.88. The lowest BCUT2D eigenvalue weighted by molar-refractivity contribution is 0.455. The van der Waals surface area contributed by atoms with Crippen LogP contribution in [0.25, 0.3) is 11.1 Å². The Kier molecular flexibility index (Phi) is 3.62. The summed E-state index contributed by atoms with van der Waals surface area (Å²) in [6.45, 7) is 8.65. The van der Waals surface area contributed by atoms with Gasteiger partial charge in [-0.15, -0.1) is 0 Å². The molecular formula is C17H23N3. The van der Waals surface area contributed by atoms with E-state index in [1.165, 1.54) is 46.5 Å². The smallest absolute Gasteiger partial charge is 0.0746 e. The molecule has 3 nitrogen and oxygen atoms in total. The number of H-pyrrole nitrogens is 1. The molecule has 1 aliphatic rings. The lowest BCUT2D eigenvalue weighted by Gasteiger charge is -2.22. The van der Waals surface area contributed by atoms with Gasteiger partial charge in [-0.25, -0.2) is 0 Å². The number of rotatable bonds is 2. The highest BCUT2D eigenvalue weighted by atomic mass is 15.1. The van der Waals surface area contributed by atoms with Gasteiger partial charge in [-0.1, -0.05) is 23.8 Å². The number of aryl methyl sites for hydroxylation is 3. The van der Waals surface area contributed by atoms with Crippen LogP contribution in [0.4, 0.5) is 0 Å². The fraction of sp³-hybridized carbons (Fsp3) is 0.471. The third-order valence-corrected chi connectivity index (χ3v) is 4.32. The van der Waals surface area contributed by atoms with Gasteiger partial charge in [0.25, 0.3) is 0 Å². The number of hydrogen-bond donors (Lipinski definition) is 2. The summed E-state index contributed by atoms with van der Waals surface area (Å²) in [7, 11) is 0. The van der Waals surface area contributed by atoms with Crippen molar-refractivity contribution in [2.24, 2.45) is 0 Å². The molecule has 1 aliphatic heterocycles. The average Bonchev–Trinajstić information content (AvgIpc) is 2.84. The van der Waals surface area contributed by atoms with Gasteiger partial charge in [0.1, 0.15) is 0 Å². The minimum Gasteiger partial charge on any atom is -0.316 e. The van der Waals surface area contributed by atoms with Crippen LogP contribution in [-0.2, 0) is 0 Å². The Morgan fingerprint density at radius 1 is 1.20 bits per heavy atom. The van der Waals surface area contributed by atoms with Gasteiger partial charge in [0.2, 0.25) is 0 Å². The molecule has 0 amide bonds. The predicted molar refractivity (Wildman–Crippen MR) is 83.1 cm³/mol. The first-order valence-electron chi connectivity index (χ1n) is 7.50. The van der Waals surface area contributed by atoms with Crippen molar-refractivity contribution < 1.29 is 0 Å². The number of nitrogens with zero attached hydrogens (tertiary/aromatic N) is 1. The zero-order valence-electron chi connectivity index (χ0n) is 12.6. The maximum absolute atomic E-state index is 4.62. The van der Waals surface area contributed by atoms with Crippen molar-refractivity contribution >= 4 is 0 Å². The average molecular weight is 269 g/mol. The Morgan fingerprint density at radius 3 is 2.80 bits per heavy atom. The summed E-state index contributed by atoms with van der Waals surface area (Å²) < 4.78 is 0. The van der Waals surface area contributed by atoms with E-state index in [1.54, 1.807) is 0 Å². The molecule has 3 rings (SSSR count). The van der Waals surface area contributed by atoms with E-state index in [2.05, 4.69) is 54.5 Å². The van der Waals surface area contributed by atoms with Crippen LogP contribution >= 0.6 is 0 Å². The number of piperidine rings is 1. The van der Waals surface area contributed by atoms with E-state index in [0.717, 1.165) is 13.1 Å². The van der Waals surface area contributed by atoms with Gasteiger partial charge < -0.3 is 5.32 Å². The Balaban J connectivity index is 2.08. The maximum atomic E-state index is 4.62. The van der Waals surface area contributed by atoms with Gasteiger partial charge in [-0.05, 0) is 51.3 Å². The largest absolute Gasteiger partial charge is 0.316 e. The summed E-state index contributed by atoms with van der Waals surface area (Å²) in [6.07, 6.45) is 2.47. The zero-order chi connectivity index (χ0) is 14.1. The molecule has 1 unspecified atom stereocenters. The van der Waals surface area contributed by atoms with E-state index < -0.39 is 0 Å². The van der Waals surface area contributed by atoms with Crippen LogP contribution in [0.5, 0.6) is 0 Å². The normalized spacial score (nSPS) is 19.2. The third kappa shape index (κ3) is 2.38. The molecule has 106 valence electrons. The van der Waals surface area contributed by atoms with Crippen LogP contribution in [0, 0.1) is 20.8 Å². The van der Waals surface area contributed by atoms with E-state index in [-0.39, 0.29) is 0 Å². The molecule has 2 aromatic rings. The summed E-state index contributed by atoms with van der Waals surface area (Å²) in [6, 6.07) is 6.67. The van der Waals surface area contributed by atoms with Crippen molar-refractivity contribution in [2.45, 2.75) is 39.5 Å². The molecule has 1 fully saturated rings. The van der Waals surface area contributed by atoms with Crippen molar-refractivity contribution in [1.29, 1.82) is 0 Å². The Labute approximate surface area is 120 Å². The molecular weight excluding hydrogens is 246 g/mol. The Morgan fingerprint density at radius 2 is 2.05 bits per heavy atom. The molecule has 2 heterocycles. The van der Waals surface area contributed by atoms with Gasteiger partial charge >= 0.3 is 0 Å². The molecule has 0 aliphatic carbocycles. The van der Waals surface area contributed by atoms with Crippen LogP contribution < -0.4 is 5.32 Å². The quantitative estimate of drug-likeness (QED) is 0.876. The highest BCUT2D eigenvalue weighted by Gasteiger charge is 2.23. The number of hydrogen-bond acceptors (Lipinski definition) is 2. The SMILES string of the molecule is Cc1ccc(C)c(-c2c(C3CCCNC3)n[nH]c2C)c1. The topological polar surface area (TPSA) is 40.7 Å². The second-order valence-corrected chi connectivity index (χ2v) is 5.97. The van der Waals surface area contributed by atoms with Crippen molar-refractivity contribution in [3.8, 4) is 11.1 Å². The van der Waals surface area contributed by atoms with Gasteiger partial charge in [0.05, 0.1) is 5.69 Å². The summed E-state index contributed by atoms with van der Waals surface area (Å²) in [5.41, 5.74) is 7.70. The summed E-state index contributed by atoms with van der Waals surface area (Å²) in [4.78, 5) is 0. The zero-order valence-corrected chi connectivity index (χ0v) is 12.6. The van der Waals surface area contributed by atoms with Crippen LogP contribution in [0.1, 0.15) is 41.3 Å². The molecule has 1 aromatic carbocycles. The Hall–Kier alpha value is -1.61. The highest BCUT2D eigenvalue weighted by molar-refractivity contribution is 5.72. The number of aromatic amines is 1. The second kappa shape index (κ2) is 5.41. The second-order valence-electron chi connectivity index (χ2n) is 5.97. The van der Waals surface area contributed by atoms with Gasteiger partial charge in [0.15, 0.2) is 0 Å². The van der Waals surface area contributed by atoms with E-state index in [4.69, 9.17) is 0 Å². The van der Waals surface area contributed by atoms with Crippen LogP contribution in [0.2, 0.25) is 0 Å². The van der Waals surface area contributed by atoms with E-state index in [9.17, 15) is 0 Å². The van der Waals surface area contributed by atoms with Crippen molar-refractivity contribution in [3.05, 3.63) is 40.7 Å². The molecule has 0 spiro atoms. The molecule has 1 aromatic heterocycles. The minimum absolute atomic E-state index is 0.531. The third-order valence-electron chi connectivity index (χ3n) is 4.32. The molecule has 0 bridgehead atoms. The number of aromatic nitrogens is 2. The first kappa shape index (κ1) is 13.4. The molecule has 0 radical (unpaired) electrons. The fourth-order valence-corrected chi connectivity index (χ4v) is 3.17.